The van der Waals surface area contributed by atoms with Crippen molar-refractivity contribution in [2.45, 2.75) is 6.54 Å². The molecular formula is C10H17N5. The van der Waals surface area contributed by atoms with Crippen LogP contribution in [0.5, 0.6) is 0 Å². The predicted molar refractivity (Wildman–Crippen MR) is 63.7 cm³/mol. The molecule has 1 aromatic rings. The van der Waals surface area contributed by atoms with Gasteiger partial charge in [0.2, 0.25) is 0 Å². The van der Waals surface area contributed by atoms with Gasteiger partial charge in [-0.25, -0.2) is 0 Å². The zero-order valence-corrected chi connectivity index (χ0v) is 8.83. The van der Waals surface area contributed by atoms with E-state index in [9.17, 15) is 0 Å². The standard InChI is InChI=1S/C10H17N5/c1-14-10(13)8-4-7(5-11)2-3-9(8)15-6-12/h2-4,15H,5-6,11-12H2,1H3,(H2,13,14). The summed E-state index contributed by atoms with van der Waals surface area (Å²) in [5, 5.41) is 3.02. The van der Waals surface area contributed by atoms with E-state index >= 15 is 0 Å². The van der Waals surface area contributed by atoms with Gasteiger partial charge in [-0.1, -0.05) is 6.07 Å². The number of anilines is 1. The fraction of sp³-hybridized carbons (Fsp3) is 0.300. The molecule has 0 fully saturated rings. The number of aliphatic imine (C=N–C) groups is 1. The first-order chi connectivity index (χ1) is 7.22. The number of hydrogen-bond donors (Lipinski definition) is 4. The van der Waals surface area contributed by atoms with E-state index in [1.807, 2.05) is 18.2 Å². The molecule has 0 aliphatic carbocycles. The maximum Gasteiger partial charge on any atom is 0.127 e. The second kappa shape index (κ2) is 5.33. The summed E-state index contributed by atoms with van der Waals surface area (Å²) < 4.78 is 0. The van der Waals surface area contributed by atoms with Crippen molar-refractivity contribution in [2.75, 3.05) is 19.0 Å². The van der Waals surface area contributed by atoms with Crippen LogP contribution in [0.25, 0.3) is 0 Å². The molecular weight excluding hydrogens is 190 g/mol. The lowest BCUT2D eigenvalue weighted by molar-refractivity contribution is 1.07. The van der Waals surface area contributed by atoms with Crippen LogP contribution < -0.4 is 22.5 Å². The average molecular weight is 207 g/mol. The van der Waals surface area contributed by atoms with Gasteiger partial charge in [0.05, 0.1) is 6.67 Å². The molecule has 0 aliphatic heterocycles. The highest BCUT2D eigenvalue weighted by molar-refractivity contribution is 6.02. The Bertz CT molecular complexity index is 359. The van der Waals surface area contributed by atoms with Crippen LogP contribution in [0.2, 0.25) is 0 Å². The van der Waals surface area contributed by atoms with E-state index in [0.29, 0.717) is 19.0 Å². The van der Waals surface area contributed by atoms with E-state index in [2.05, 4.69) is 10.3 Å². The largest absolute Gasteiger partial charge is 0.383 e. The second-order valence-electron chi connectivity index (χ2n) is 3.07. The first-order valence-corrected chi connectivity index (χ1v) is 4.72. The lowest BCUT2D eigenvalue weighted by atomic mass is 10.1. The van der Waals surface area contributed by atoms with Gasteiger partial charge in [0.25, 0.3) is 0 Å². The van der Waals surface area contributed by atoms with Crippen molar-refractivity contribution >= 4 is 11.5 Å². The third kappa shape index (κ3) is 2.68. The maximum atomic E-state index is 5.78. The van der Waals surface area contributed by atoms with Crippen molar-refractivity contribution < 1.29 is 0 Å². The minimum Gasteiger partial charge on any atom is -0.383 e. The van der Waals surface area contributed by atoms with Crippen LogP contribution >= 0.6 is 0 Å². The molecule has 1 rings (SSSR count). The molecule has 0 unspecified atom stereocenters. The highest BCUT2D eigenvalue weighted by atomic mass is 15.0. The maximum absolute atomic E-state index is 5.78. The molecule has 0 amide bonds. The van der Waals surface area contributed by atoms with Crippen molar-refractivity contribution in [3.8, 4) is 0 Å². The van der Waals surface area contributed by atoms with E-state index in [4.69, 9.17) is 17.2 Å². The minimum absolute atomic E-state index is 0.353. The Morgan fingerprint density at radius 3 is 2.67 bits per heavy atom. The molecule has 0 spiro atoms. The summed E-state index contributed by atoms with van der Waals surface area (Å²) >= 11 is 0. The van der Waals surface area contributed by atoms with Gasteiger partial charge in [0.15, 0.2) is 0 Å². The smallest absolute Gasteiger partial charge is 0.127 e. The lowest BCUT2D eigenvalue weighted by Crippen LogP contribution is -2.19. The summed E-state index contributed by atoms with van der Waals surface area (Å²) in [6.45, 7) is 0.832. The molecule has 5 nitrogen and oxygen atoms in total. The molecule has 0 bridgehead atoms. The lowest BCUT2D eigenvalue weighted by Gasteiger charge is -2.11. The van der Waals surface area contributed by atoms with Gasteiger partial charge in [-0.3, -0.25) is 4.99 Å². The fourth-order valence-electron chi connectivity index (χ4n) is 1.31. The molecule has 1 aromatic carbocycles. The Hall–Kier alpha value is -1.59. The van der Waals surface area contributed by atoms with Gasteiger partial charge in [0.1, 0.15) is 5.84 Å². The van der Waals surface area contributed by atoms with Crippen LogP contribution in [-0.2, 0) is 6.54 Å². The Balaban J connectivity index is 3.16. The van der Waals surface area contributed by atoms with Crippen LogP contribution in [0.3, 0.4) is 0 Å². The summed E-state index contributed by atoms with van der Waals surface area (Å²) in [4.78, 5) is 3.95. The van der Waals surface area contributed by atoms with Crippen molar-refractivity contribution in [2.24, 2.45) is 22.2 Å². The third-order valence-corrected chi connectivity index (χ3v) is 2.13. The average Bonchev–Trinajstić information content (AvgIpc) is 2.29. The molecule has 0 atom stereocenters. The summed E-state index contributed by atoms with van der Waals surface area (Å²) in [5.41, 5.74) is 19.5. The van der Waals surface area contributed by atoms with Crippen molar-refractivity contribution in [3.05, 3.63) is 29.3 Å². The highest BCUT2D eigenvalue weighted by Crippen LogP contribution is 2.16. The van der Waals surface area contributed by atoms with Crippen LogP contribution in [0.15, 0.2) is 23.2 Å². The molecule has 0 heterocycles. The van der Waals surface area contributed by atoms with E-state index in [1.165, 1.54) is 0 Å². The molecule has 7 N–H and O–H groups in total. The number of nitrogens with zero attached hydrogens (tertiary/aromatic N) is 1. The van der Waals surface area contributed by atoms with Gasteiger partial charge < -0.3 is 22.5 Å². The van der Waals surface area contributed by atoms with E-state index < -0.39 is 0 Å². The Morgan fingerprint density at radius 1 is 1.40 bits per heavy atom. The number of amidine groups is 1. The summed E-state index contributed by atoms with van der Waals surface area (Å²) in [7, 11) is 1.65. The van der Waals surface area contributed by atoms with E-state index in [0.717, 1.165) is 16.8 Å². The molecule has 0 radical (unpaired) electrons. The Labute approximate surface area is 89.4 Å². The first-order valence-electron chi connectivity index (χ1n) is 4.72. The van der Waals surface area contributed by atoms with Crippen LogP contribution in [-0.4, -0.2) is 19.6 Å². The topological polar surface area (TPSA) is 102 Å². The van der Waals surface area contributed by atoms with Crippen LogP contribution in [0.4, 0.5) is 5.69 Å². The molecule has 0 saturated carbocycles. The van der Waals surface area contributed by atoms with Crippen molar-refractivity contribution in [1.29, 1.82) is 0 Å². The van der Waals surface area contributed by atoms with E-state index in [1.54, 1.807) is 7.05 Å². The fourth-order valence-corrected chi connectivity index (χ4v) is 1.31. The van der Waals surface area contributed by atoms with Gasteiger partial charge in [-0.05, 0) is 17.7 Å². The number of rotatable bonds is 4. The minimum atomic E-state index is 0.353. The first kappa shape index (κ1) is 11.5. The van der Waals surface area contributed by atoms with Gasteiger partial charge in [-0.15, -0.1) is 0 Å². The van der Waals surface area contributed by atoms with E-state index in [-0.39, 0.29) is 0 Å². The summed E-state index contributed by atoms with van der Waals surface area (Å²) in [6, 6.07) is 5.76. The number of nitrogens with one attached hydrogen (secondary N) is 1. The quantitative estimate of drug-likeness (QED) is 0.312. The third-order valence-electron chi connectivity index (χ3n) is 2.13. The van der Waals surface area contributed by atoms with Crippen molar-refractivity contribution in [1.82, 2.24) is 0 Å². The Kier molecular flexibility index (Phi) is 4.08. The normalized spacial score (nSPS) is 11.5. The number of nitrogens with two attached hydrogens (primary N) is 3. The monoisotopic (exact) mass is 207 g/mol. The van der Waals surface area contributed by atoms with Crippen LogP contribution in [0, 0.1) is 0 Å². The zero-order chi connectivity index (χ0) is 11.3. The second-order valence-corrected chi connectivity index (χ2v) is 3.07. The molecule has 0 aliphatic rings. The van der Waals surface area contributed by atoms with Crippen LogP contribution in [0.1, 0.15) is 11.1 Å². The summed E-state index contributed by atoms with van der Waals surface area (Å²) in [6.07, 6.45) is 0. The number of hydrogen-bond acceptors (Lipinski definition) is 4. The zero-order valence-electron chi connectivity index (χ0n) is 8.83. The molecule has 15 heavy (non-hydrogen) atoms. The van der Waals surface area contributed by atoms with Gasteiger partial charge in [0, 0.05) is 24.8 Å². The molecule has 0 aromatic heterocycles. The van der Waals surface area contributed by atoms with Gasteiger partial charge in [-0.2, -0.15) is 0 Å². The van der Waals surface area contributed by atoms with Gasteiger partial charge >= 0.3 is 0 Å². The van der Waals surface area contributed by atoms with Crippen molar-refractivity contribution in [3.63, 3.8) is 0 Å². The predicted octanol–water partition coefficient (Wildman–Crippen LogP) is -0.191. The highest BCUT2D eigenvalue weighted by Gasteiger charge is 2.06. The molecule has 0 saturated heterocycles. The summed E-state index contributed by atoms with van der Waals surface area (Å²) in [5.74, 6) is 0.473. The Morgan fingerprint density at radius 2 is 2.13 bits per heavy atom. The number of benzene rings is 1. The molecule has 82 valence electrons. The molecule has 5 heteroatoms. The SMILES string of the molecule is CN=C(N)c1cc(CN)ccc1NCN.